The number of halogens is 1. The van der Waals surface area contributed by atoms with Gasteiger partial charge in [0.2, 0.25) is 0 Å². The molecule has 2 N–H and O–H groups in total. The lowest BCUT2D eigenvalue weighted by Gasteiger charge is -2.60. The summed E-state index contributed by atoms with van der Waals surface area (Å²) in [5.41, 5.74) is 0.137. The minimum atomic E-state index is 0. The number of fused-ring (bicyclic) bond motifs is 1. The summed E-state index contributed by atoms with van der Waals surface area (Å²) < 4.78 is 8.02. The molecule has 8 heteroatoms. The van der Waals surface area contributed by atoms with Crippen LogP contribution in [0.2, 0.25) is 0 Å². The minimum absolute atomic E-state index is 0. The molecular formula is C18H31IN6O. The lowest BCUT2D eigenvalue weighted by molar-refractivity contribution is -0.188. The van der Waals surface area contributed by atoms with E-state index < -0.39 is 0 Å². The smallest absolute Gasteiger partial charge is 0.192 e. The summed E-state index contributed by atoms with van der Waals surface area (Å²) in [6.07, 6.45) is 5.24. The quantitative estimate of drug-likeness (QED) is 0.398. The van der Waals surface area contributed by atoms with Gasteiger partial charge in [0.05, 0.1) is 6.10 Å². The maximum absolute atomic E-state index is 6.02. The van der Waals surface area contributed by atoms with Crippen molar-refractivity contribution in [3.05, 3.63) is 11.6 Å². The van der Waals surface area contributed by atoms with Crippen LogP contribution >= 0.6 is 24.0 Å². The topological polar surface area (TPSA) is 76.4 Å². The van der Waals surface area contributed by atoms with Gasteiger partial charge in [0.15, 0.2) is 11.8 Å². The molecule has 0 aromatic carbocycles. The third kappa shape index (κ3) is 3.72. The lowest BCUT2D eigenvalue weighted by atomic mass is 9.55. The highest BCUT2D eigenvalue weighted by molar-refractivity contribution is 14.0. The second-order valence-electron chi connectivity index (χ2n) is 8.35. The van der Waals surface area contributed by atoms with E-state index in [1.807, 2.05) is 18.5 Å². The van der Waals surface area contributed by atoms with Gasteiger partial charge in [-0.1, -0.05) is 13.8 Å². The summed E-state index contributed by atoms with van der Waals surface area (Å²) >= 11 is 0. The molecule has 2 aliphatic carbocycles. The first-order valence-electron chi connectivity index (χ1n) is 9.51. The standard InChI is InChI=1S/C18H30N6O.HI/c1-11-22-23-14(24(11)4)10-19-17(20-12-7-8-12)21-15-13-6-5-9-25-16(13)18(15,2)3;/h12-13,15-16H,5-10H2,1-4H3,(H2,19,20,21);1H. The highest BCUT2D eigenvalue weighted by Crippen LogP contribution is 2.51. The highest BCUT2D eigenvalue weighted by Gasteiger charge is 2.58. The Hall–Kier alpha value is -0.900. The predicted molar refractivity (Wildman–Crippen MR) is 112 cm³/mol. The van der Waals surface area contributed by atoms with E-state index in [9.17, 15) is 0 Å². The summed E-state index contributed by atoms with van der Waals surface area (Å²) in [6.45, 7) is 8.01. The van der Waals surface area contributed by atoms with Crippen LogP contribution in [0.1, 0.15) is 51.2 Å². The molecular weight excluding hydrogens is 443 g/mol. The number of guanidine groups is 1. The first-order chi connectivity index (χ1) is 12.0. The Labute approximate surface area is 172 Å². The number of nitrogens with one attached hydrogen (secondary N) is 2. The number of ether oxygens (including phenoxy) is 1. The largest absolute Gasteiger partial charge is 0.377 e. The van der Waals surface area contributed by atoms with Crippen LogP contribution in [-0.2, 0) is 18.3 Å². The molecule has 146 valence electrons. The van der Waals surface area contributed by atoms with E-state index in [0.717, 1.165) is 30.6 Å². The van der Waals surface area contributed by atoms with Gasteiger partial charge in [-0.15, -0.1) is 34.2 Å². The second-order valence-corrected chi connectivity index (χ2v) is 8.35. The van der Waals surface area contributed by atoms with Gasteiger partial charge in [0.25, 0.3) is 0 Å². The number of aliphatic imine (C=N–C) groups is 1. The van der Waals surface area contributed by atoms with Crippen molar-refractivity contribution in [2.75, 3.05) is 6.61 Å². The summed E-state index contributed by atoms with van der Waals surface area (Å²) in [4.78, 5) is 4.80. The number of rotatable bonds is 4. The van der Waals surface area contributed by atoms with Gasteiger partial charge in [-0.3, -0.25) is 0 Å². The predicted octanol–water partition coefficient (Wildman–Crippen LogP) is 2.14. The number of aromatic nitrogens is 3. The third-order valence-electron chi connectivity index (χ3n) is 6.10. The van der Waals surface area contributed by atoms with Gasteiger partial charge in [-0.2, -0.15) is 0 Å². The number of hydrogen-bond acceptors (Lipinski definition) is 4. The SMILES string of the molecule is Cc1nnc(CN=C(NC2CC2)NC2C3CCCOC3C2(C)C)n1C.I. The van der Waals surface area contributed by atoms with Gasteiger partial charge in [0.1, 0.15) is 12.4 Å². The molecule has 3 aliphatic rings. The zero-order chi connectivity index (χ0) is 17.6. The van der Waals surface area contributed by atoms with Crippen LogP contribution in [0, 0.1) is 18.3 Å². The first kappa shape index (κ1) is 19.9. The average Bonchev–Trinajstić information content (AvgIpc) is 3.36. The molecule has 0 bridgehead atoms. The van der Waals surface area contributed by atoms with E-state index in [1.165, 1.54) is 19.3 Å². The van der Waals surface area contributed by atoms with E-state index in [4.69, 9.17) is 9.73 Å². The molecule has 26 heavy (non-hydrogen) atoms. The molecule has 3 atom stereocenters. The number of nitrogens with zero attached hydrogens (tertiary/aromatic N) is 4. The fourth-order valence-electron chi connectivity index (χ4n) is 4.26. The average molecular weight is 474 g/mol. The van der Waals surface area contributed by atoms with Crippen LogP contribution in [0.3, 0.4) is 0 Å². The zero-order valence-corrected chi connectivity index (χ0v) is 18.5. The fourth-order valence-corrected chi connectivity index (χ4v) is 4.26. The molecule has 4 rings (SSSR count). The van der Waals surface area contributed by atoms with Crippen molar-refractivity contribution < 1.29 is 4.74 Å². The minimum Gasteiger partial charge on any atom is -0.377 e. The molecule has 1 aromatic heterocycles. The Balaban J connectivity index is 0.00000196. The van der Waals surface area contributed by atoms with Crippen molar-refractivity contribution in [1.29, 1.82) is 0 Å². The zero-order valence-electron chi connectivity index (χ0n) is 16.2. The van der Waals surface area contributed by atoms with Crippen molar-refractivity contribution >= 4 is 29.9 Å². The van der Waals surface area contributed by atoms with Crippen LogP contribution in [0.5, 0.6) is 0 Å². The molecule has 7 nitrogen and oxygen atoms in total. The summed E-state index contributed by atoms with van der Waals surface area (Å²) in [7, 11) is 1.99. The van der Waals surface area contributed by atoms with Gasteiger partial charge < -0.3 is 19.9 Å². The van der Waals surface area contributed by atoms with Crippen molar-refractivity contribution in [2.45, 2.75) is 71.2 Å². The Bertz CT molecular complexity index is 669. The Kier molecular flexibility index (Phi) is 5.81. The Morgan fingerprint density at radius 3 is 2.69 bits per heavy atom. The molecule has 3 unspecified atom stereocenters. The maximum Gasteiger partial charge on any atom is 0.192 e. The van der Waals surface area contributed by atoms with E-state index in [1.54, 1.807) is 0 Å². The lowest BCUT2D eigenvalue weighted by Crippen LogP contribution is -2.71. The van der Waals surface area contributed by atoms with E-state index in [2.05, 4.69) is 34.7 Å². The van der Waals surface area contributed by atoms with Gasteiger partial charge >= 0.3 is 0 Å². The molecule has 1 aromatic rings. The molecule has 0 amide bonds. The van der Waals surface area contributed by atoms with E-state index in [0.29, 0.717) is 30.7 Å². The third-order valence-corrected chi connectivity index (χ3v) is 6.10. The Morgan fingerprint density at radius 1 is 1.27 bits per heavy atom. The summed E-state index contributed by atoms with van der Waals surface area (Å²) in [6, 6.07) is 0.970. The van der Waals surface area contributed by atoms with Crippen molar-refractivity contribution in [2.24, 2.45) is 23.4 Å². The van der Waals surface area contributed by atoms with Crippen LogP contribution in [-0.4, -0.2) is 45.5 Å². The number of hydrogen-bond donors (Lipinski definition) is 2. The number of aryl methyl sites for hydroxylation is 1. The van der Waals surface area contributed by atoms with Crippen LogP contribution in [0.4, 0.5) is 0 Å². The van der Waals surface area contributed by atoms with Gasteiger partial charge in [-0.25, -0.2) is 4.99 Å². The van der Waals surface area contributed by atoms with E-state index in [-0.39, 0.29) is 29.4 Å². The van der Waals surface area contributed by atoms with Crippen molar-refractivity contribution in [3.63, 3.8) is 0 Å². The van der Waals surface area contributed by atoms with Crippen LogP contribution in [0.15, 0.2) is 4.99 Å². The highest BCUT2D eigenvalue weighted by atomic mass is 127. The molecule has 1 aliphatic heterocycles. The van der Waals surface area contributed by atoms with Gasteiger partial charge in [0, 0.05) is 37.1 Å². The second kappa shape index (κ2) is 7.61. The summed E-state index contributed by atoms with van der Waals surface area (Å²) in [5.74, 6) is 3.30. The molecule has 0 spiro atoms. The normalized spacial score (nSPS) is 30.0. The maximum atomic E-state index is 6.02. The fraction of sp³-hybridized carbons (Fsp3) is 0.833. The van der Waals surface area contributed by atoms with Crippen LogP contribution < -0.4 is 10.6 Å². The molecule has 2 saturated carbocycles. The molecule has 0 radical (unpaired) electrons. The first-order valence-corrected chi connectivity index (χ1v) is 9.51. The molecule has 3 fully saturated rings. The van der Waals surface area contributed by atoms with Crippen LogP contribution in [0.25, 0.3) is 0 Å². The molecule has 2 heterocycles. The summed E-state index contributed by atoms with van der Waals surface area (Å²) in [5, 5.41) is 15.6. The van der Waals surface area contributed by atoms with E-state index >= 15 is 0 Å². The monoisotopic (exact) mass is 474 g/mol. The molecule has 1 saturated heterocycles. The Morgan fingerprint density at radius 2 is 2.04 bits per heavy atom. The van der Waals surface area contributed by atoms with Gasteiger partial charge in [-0.05, 0) is 32.6 Å². The van der Waals surface area contributed by atoms with Crippen molar-refractivity contribution in [1.82, 2.24) is 25.4 Å². The van der Waals surface area contributed by atoms with Crippen molar-refractivity contribution in [3.8, 4) is 0 Å².